The van der Waals surface area contributed by atoms with Gasteiger partial charge in [-0.05, 0) is 84.9 Å². The summed E-state index contributed by atoms with van der Waals surface area (Å²) in [5.74, 6) is 3.73. The Bertz CT molecular complexity index is 472. The van der Waals surface area contributed by atoms with Crippen LogP contribution in [-0.2, 0) is 0 Å². The Morgan fingerprint density at radius 2 is 1.81 bits per heavy atom. The van der Waals surface area contributed by atoms with Crippen molar-refractivity contribution in [3.63, 3.8) is 0 Å². The van der Waals surface area contributed by atoms with Crippen LogP contribution in [0.5, 0.6) is 0 Å². The zero-order chi connectivity index (χ0) is 15.0. The minimum Gasteiger partial charge on any atom is -0.0996 e. The molecule has 4 saturated carbocycles. The molecule has 0 radical (unpaired) electrons. The van der Waals surface area contributed by atoms with E-state index in [0.29, 0.717) is 16.2 Å². The molecule has 0 aliphatic heterocycles. The number of rotatable bonds is 0. The van der Waals surface area contributed by atoms with Crippen molar-refractivity contribution >= 4 is 0 Å². The molecule has 0 nitrogen and oxygen atoms in total. The molecule has 4 rings (SSSR count). The van der Waals surface area contributed by atoms with E-state index in [1.165, 1.54) is 51.4 Å². The fraction of sp³-hybridized carbons (Fsp3) is 0.905. The Kier molecular flexibility index (Phi) is 2.85. The van der Waals surface area contributed by atoms with Crippen LogP contribution in [0, 0.1) is 39.9 Å². The van der Waals surface area contributed by atoms with Crippen LogP contribution in [0.3, 0.4) is 0 Å². The molecule has 6 atom stereocenters. The Labute approximate surface area is 131 Å². The molecule has 0 aromatic heterocycles. The maximum Gasteiger partial charge on any atom is -0.0195 e. The van der Waals surface area contributed by atoms with Crippen molar-refractivity contribution in [1.29, 1.82) is 0 Å². The highest BCUT2D eigenvalue weighted by Crippen LogP contribution is 2.73. The van der Waals surface area contributed by atoms with Gasteiger partial charge >= 0.3 is 0 Å². The molecular formula is C21H34. The van der Waals surface area contributed by atoms with Crippen LogP contribution in [0.1, 0.15) is 79.1 Å². The largest absolute Gasteiger partial charge is 0.0996 e. The Hall–Kier alpha value is -0.260. The van der Waals surface area contributed by atoms with Gasteiger partial charge in [0.15, 0.2) is 0 Å². The van der Waals surface area contributed by atoms with Crippen LogP contribution in [0.4, 0.5) is 0 Å². The van der Waals surface area contributed by atoms with Gasteiger partial charge in [0.25, 0.3) is 0 Å². The van der Waals surface area contributed by atoms with Gasteiger partial charge in [-0.2, -0.15) is 0 Å². The van der Waals surface area contributed by atoms with Crippen molar-refractivity contribution < 1.29 is 0 Å². The first-order chi connectivity index (χ1) is 9.80. The third kappa shape index (κ3) is 1.68. The molecule has 0 aromatic carbocycles. The first-order valence-corrected chi connectivity index (χ1v) is 9.47. The van der Waals surface area contributed by atoms with Gasteiger partial charge in [-0.3, -0.25) is 0 Å². The first-order valence-electron chi connectivity index (χ1n) is 9.47. The monoisotopic (exact) mass is 286 g/mol. The number of allylic oxidation sites excluding steroid dienone is 1. The van der Waals surface area contributed by atoms with E-state index < -0.39 is 0 Å². The van der Waals surface area contributed by atoms with E-state index in [9.17, 15) is 0 Å². The van der Waals surface area contributed by atoms with Gasteiger partial charge in [-0.25, -0.2) is 0 Å². The van der Waals surface area contributed by atoms with Crippen molar-refractivity contribution in [2.24, 2.45) is 39.9 Å². The van der Waals surface area contributed by atoms with Crippen molar-refractivity contribution in [3.05, 3.63) is 12.2 Å². The summed E-state index contributed by atoms with van der Waals surface area (Å²) in [6.07, 6.45) is 11.7. The minimum atomic E-state index is 0.565. The maximum atomic E-state index is 4.47. The fourth-order valence-electron chi connectivity index (χ4n) is 7.93. The van der Waals surface area contributed by atoms with Crippen molar-refractivity contribution in [3.8, 4) is 0 Å². The average molecular weight is 287 g/mol. The maximum absolute atomic E-state index is 4.47. The SMILES string of the molecule is C=C1C[C@]23C[C@H]1CCC2[C@]1(C)CCCC(C)(C)C1C[C@@H]3C. The van der Waals surface area contributed by atoms with Crippen LogP contribution in [0.15, 0.2) is 12.2 Å². The van der Waals surface area contributed by atoms with Crippen molar-refractivity contribution in [2.45, 2.75) is 79.1 Å². The standard InChI is InChI=1S/C21H34/c1-14-12-21-13-16(14)7-8-17(21)20(5)10-6-9-19(3,4)18(20)11-15(21)2/h15-18H,1,6-13H2,2-5H3/t15-,16+,17?,18?,20-,21+/m0/s1. The van der Waals surface area contributed by atoms with Gasteiger partial charge in [-0.1, -0.05) is 46.3 Å². The summed E-state index contributed by atoms with van der Waals surface area (Å²) in [7, 11) is 0. The second kappa shape index (κ2) is 4.18. The molecular weight excluding hydrogens is 252 g/mol. The molecule has 4 fully saturated rings. The van der Waals surface area contributed by atoms with Gasteiger partial charge < -0.3 is 0 Å². The molecule has 4 aliphatic rings. The summed E-state index contributed by atoms with van der Waals surface area (Å²) >= 11 is 0. The summed E-state index contributed by atoms with van der Waals surface area (Å²) in [6.45, 7) is 14.9. The van der Waals surface area contributed by atoms with E-state index in [0.717, 1.165) is 23.7 Å². The van der Waals surface area contributed by atoms with Crippen LogP contribution in [0.25, 0.3) is 0 Å². The summed E-state index contributed by atoms with van der Waals surface area (Å²) < 4.78 is 0. The molecule has 2 bridgehead atoms. The third-order valence-electron chi connectivity index (χ3n) is 8.90. The smallest absolute Gasteiger partial charge is 0.0195 e. The second-order valence-electron chi connectivity index (χ2n) is 10.1. The second-order valence-corrected chi connectivity index (χ2v) is 10.1. The summed E-state index contributed by atoms with van der Waals surface area (Å²) in [4.78, 5) is 0. The van der Waals surface area contributed by atoms with Gasteiger partial charge in [0.05, 0.1) is 0 Å². The zero-order valence-corrected chi connectivity index (χ0v) is 14.7. The topological polar surface area (TPSA) is 0 Å². The third-order valence-corrected chi connectivity index (χ3v) is 8.90. The van der Waals surface area contributed by atoms with Crippen LogP contribution in [0.2, 0.25) is 0 Å². The molecule has 1 spiro atoms. The Balaban J connectivity index is 1.79. The molecule has 21 heavy (non-hydrogen) atoms. The molecule has 4 aliphatic carbocycles. The molecule has 0 N–H and O–H groups in total. The highest BCUT2D eigenvalue weighted by Gasteiger charge is 2.65. The predicted molar refractivity (Wildman–Crippen MR) is 90.0 cm³/mol. The highest BCUT2D eigenvalue weighted by atomic mass is 14.7. The van der Waals surface area contributed by atoms with Gasteiger partial charge in [0, 0.05) is 0 Å². The molecule has 0 saturated heterocycles. The van der Waals surface area contributed by atoms with E-state index in [1.807, 2.05) is 0 Å². The van der Waals surface area contributed by atoms with E-state index in [2.05, 4.69) is 34.3 Å². The molecule has 2 unspecified atom stereocenters. The molecule has 0 aromatic rings. The lowest BCUT2D eigenvalue weighted by Crippen LogP contribution is -2.58. The molecule has 0 heteroatoms. The van der Waals surface area contributed by atoms with Crippen LogP contribution in [-0.4, -0.2) is 0 Å². The summed E-state index contributed by atoms with van der Waals surface area (Å²) in [6, 6.07) is 0. The van der Waals surface area contributed by atoms with Gasteiger partial charge in [0.1, 0.15) is 0 Å². The summed E-state index contributed by atoms with van der Waals surface area (Å²) in [5.41, 5.74) is 3.43. The van der Waals surface area contributed by atoms with E-state index in [1.54, 1.807) is 5.57 Å². The summed E-state index contributed by atoms with van der Waals surface area (Å²) in [5, 5.41) is 0. The van der Waals surface area contributed by atoms with Crippen LogP contribution >= 0.6 is 0 Å². The van der Waals surface area contributed by atoms with Gasteiger partial charge in [-0.15, -0.1) is 0 Å². The average Bonchev–Trinajstić information content (AvgIpc) is 2.65. The molecule has 118 valence electrons. The van der Waals surface area contributed by atoms with E-state index in [-0.39, 0.29) is 0 Å². The number of hydrogen-bond acceptors (Lipinski definition) is 0. The zero-order valence-electron chi connectivity index (χ0n) is 14.7. The van der Waals surface area contributed by atoms with Gasteiger partial charge in [0.2, 0.25) is 0 Å². The lowest BCUT2D eigenvalue weighted by Gasteiger charge is -2.66. The first kappa shape index (κ1) is 14.3. The lowest BCUT2D eigenvalue weighted by molar-refractivity contribution is -0.169. The number of hydrogen-bond donors (Lipinski definition) is 0. The quantitative estimate of drug-likeness (QED) is 0.464. The highest BCUT2D eigenvalue weighted by molar-refractivity contribution is 5.23. The Morgan fingerprint density at radius 1 is 1.05 bits per heavy atom. The molecule has 0 heterocycles. The minimum absolute atomic E-state index is 0.565. The molecule has 0 amide bonds. The van der Waals surface area contributed by atoms with E-state index in [4.69, 9.17) is 0 Å². The normalized spacial score (nSPS) is 55.0. The fourth-order valence-corrected chi connectivity index (χ4v) is 7.93. The van der Waals surface area contributed by atoms with Crippen molar-refractivity contribution in [2.75, 3.05) is 0 Å². The number of fused-ring (bicyclic) bond motifs is 3. The lowest BCUT2D eigenvalue weighted by atomic mass is 9.39. The predicted octanol–water partition coefficient (Wildman–Crippen LogP) is 6.22. The van der Waals surface area contributed by atoms with Crippen LogP contribution < -0.4 is 0 Å². The van der Waals surface area contributed by atoms with Crippen molar-refractivity contribution in [1.82, 2.24) is 0 Å². The Morgan fingerprint density at radius 3 is 2.57 bits per heavy atom. The van der Waals surface area contributed by atoms with E-state index >= 15 is 0 Å².